The first kappa shape index (κ1) is 13.3. The zero-order chi connectivity index (χ0) is 12.8. The molecule has 1 atom stereocenters. The van der Waals surface area contributed by atoms with E-state index in [1.165, 1.54) is 4.90 Å². The smallest absolute Gasteiger partial charge is 0.318 e. The number of amides is 3. The first-order valence-corrected chi connectivity index (χ1v) is 5.53. The number of carboxylic acids is 1. The van der Waals surface area contributed by atoms with Crippen molar-refractivity contribution in [3.05, 3.63) is 0 Å². The third kappa shape index (κ3) is 4.71. The first-order chi connectivity index (χ1) is 7.99. The molecule has 0 aromatic carbocycles. The third-order valence-corrected chi connectivity index (χ3v) is 2.49. The van der Waals surface area contributed by atoms with Gasteiger partial charge in [-0.05, 0) is 13.3 Å². The molecule has 0 spiro atoms. The van der Waals surface area contributed by atoms with E-state index in [0.29, 0.717) is 19.5 Å². The van der Waals surface area contributed by atoms with Crippen LogP contribution in [0.5, 0.6) is 0 Å². The van der Waals surface area contributed by atoms with Gasteiger partial charge in [0, 0.05) is 25.6 Å². The highest BCUT2D eigenvalue weighted by Gasteiger charge is 2.21. The molecule has 1 aliphatic rings. The predicted octanol–water partition coefficient (Wildman–Crippen LogP) is -0.619. The van der Waals surface area contributed by atoms with Crippen LogP contribution in [0, 0.1) is 0 Å². The van der Waals surface area contributed by atoms with Gasteiger partial charge >= 0.3 is 12.0 Å². The molecule has 0 saturated carbocycles. The molecule has 0 bridgehead atoms. The van der Waals surface area contributed by atoms with Crippen molar-refractivity contribution in [3.63, 3.8) is 0 Å². The van der Waals surface area contributed by atoms with E-state index in [1.807, 2.05) is 0 Å². The summed E-state index contributed by atoms with van der Waals surface area (Å²) in [7, 11) is 0. The molecular formula is C10H17N3O4. The highest BCUT2D eigenvalue weighted by atomic mass is 16.4. The summed E-state index contributed by atoms with van der Waals surface area (Å²) in [5.41, 5.74) is 0. The summed E-state index contributed by atoms with van der Waals surface area (Å²) >= 11 is 0. The Kier molecular flexibility index (Phi) is 4.74. The average Bonchev–Trinajstić information content (AvgIpc) is 2.26. The van der Waals surface area contributed by atoms with Gasteiger partial charge in [-0.1, -0.05) is 0 Å². The maximum Gasteiger partial charge on any atom is 0.318 e. The normalized spacial score (nSPS) is 17.2. The highest BCUT2D eigenvalue weighted by Crippen LogP contribution is 1.99. The number of nitrogens with one attached hydrogen (secondary N) is 2. The third-order valence-electron chi connectivity index (χ3n) is 2.49. The Hall–Kier alpha value is -1.79. The van der Waals surface area contributed by atoms with E-state index in [4.69, 9.17) is 5.11 Å². The van der Waals surface area contributed by atoms with Crippen LogP contribution in [0.4, 0.5) is 4.79 Å². The van der Waals surface area contributed by atoms with Gasteiger partial charge in [-0.3, -0.25) is 9.59 Å². The lowest BCUT2D eigenvalue weighted by atomic mass is 10.2. The van der Waals surface area contributed by atoms with Crippen LogP contribution in [0.1, 0.15) is 19.8 Å². The Labute approximate surface area is 99.2 Å². The summed E-state index contributed by atoms with van der Waals surface area (Å²) in [5.74, 6) is -1.06. The van der Waals surface area contributed by atoms with Crippen molar-refractivity contribution in [2.75, 3.05) is 19.6 Å². The molecule has 0 aliphatic carbocycles. The standard InChI is InChI=1S/C10H17N3O4/c1-7(2-3-9(15)16)12-10(17)13-5-4-11-8(14)6-13/h7H,2-6H2,1H3,(H,11,14)(H,12,17)(H,15,16). The molecule has 7 heteroatoms. The zero-order valence-electron chi connectivity index (χ0n) is 9.73. The minimum atomic E-state index is -0.886. The van der Waals surface area contributed by atoms with Crippen LogP contribution in [0.15, 0.2) is 0 Å². The lowest BCUT2D eigenvalue weighted by molar-refractivity contribution is -0.137. The number of aliphatic carboxylic acids is 1. The van der Waals surface area contributed by atoms with Gasteiger partial charge in [-0.25, -0.2) is 4.79 Å². The van der Waals surface area contributed by atoms with Gasteiger partial charge in [0.25, 0.3) is 0 Å². The molecule has 1 unspecified atom stereocenters. The van der Waals surface area contributed by atoms with E-state index < -0.39 is 5.97 Å². The Balaban J connectivity index is 2.32. The molecule has 3 amide bonds. The van der Waals surface area contributed by atoms with E-state index in [2.05, 4.69) is 10.6 Å². The van der Waals surface area contributed by atoms with Crippen LogP contribution in [0.2, 0.25) is 0 Å². The van der Waals surface area contributed by atoms with Crippen LogP contribution in [0.3, 0.4) is 0 Å². The van der Waals surface area contributed by atoms with E-state index in [9.17, 15) is 14.4 Å². The van der Waals surface area contributed by atoms with Crippen LogP contribution >= 0.6 is 0 Å². The highest BCUT2D eigenvalue weighted by molar-refractivity contribution is 5.85. The lowest BCUT2D eigenvalue weighted by Crippen LogP contribution is -2.54. The van der Waals surface area contributed by atoms with E-state index in [1.54, 1.807) is 6.92 Å². The quantitative estimate of drug-likeness (QED) is 0.613. The summed E-state index contributed by atoms with van der Waals surface area (Å²) in [4.78, 5) is 34.5. The van der Waals surface area contributed by atoms with Crippen LogP contribution in [-0.2, 0) is 9.59 Å². The molecule has 0 aromatic heterocycles. The number of rotatable bonds is 4. The number of carbonyl (C=O) groups excluding carboxylic acids is 2. The number of carboxylic acid groups (broad SMARTS) is 1. The molecule has 1 fully saturated rings. The Bertz CT molecular complexity index is 319. The molecule has 0 aromatic rings. The second kappa shape index (κ2) is 6.07. The van der Waals surface area contributed by atoms with Gasteiger partial charge in [-0.2, -0.15) is 0 Å². The van der Waals surface area contributed by atoms with Crippen molar-refractivity contribution < 1.29 is 19.5 Å². The molecular weight excluding hydrogens is 226 g/mol. The Morgan fingerprint density at radius 1 is 1.59 bits per heavy atom. The second-order valence-electron chi connectivity index (χ2n) is 4.05. The number of urea groups is 1. The fourth-order valence-corrected chi connectivity index (χ4v) is 1.53. The predicted molar refractivity (Wildman–Crippen MR) is 59.4 cm³/mol. The van der Waals surface area contributed by atoms with Crippen molar-refractivity contribution in [1.29, 1.82) is 0 Å². The maximum absolute atomic E-state index is 11.7. The topological polar surface area (TPSA) is 98.7 Å². The molecule has 7 nitrogen and oxygen atoms in total. The first-order valence-electron chi connectivity index (χ1n) is 5.53. The Morgan fingerprint density at radius 2 is 2.29 bits per heavy atom. The van der Waals surface area contributed by atoms with Gasteiger partial charge in [-0.15, -0.1) is 0 Å². The second-order valence-corrected chi connectivity index (χ2v) is 4.05. The fourth-order valence-electron chi connectivity index (χ4n) is 1.53. The minimum absolute atomic E-state index is 0.0158. The Morgan fingerprint density at radius 3 is 2.88 bits per heavy atom. The molecule has 3 N–H and O–H groups in total. The number of hydrogen-bond donors (Lipinski definition) is 3. The van der Waals surface area contributed by atoms with Gasteiger partial charge in [0.15, 0.2) is 0 Å². The summed E-state index contributed by atoms with van der Waals surface area (Å²) < 4.78 is 0. The summed E-state index contributed by atoms with van der Waals surface area (Å²) in [6.45, 7) is 2.72. The number of piperazine rings is 1. The van der Waals surface area contributed by atoms with Crippen molar-refractivity contribution in [3.8, 4) is 0 Å². The maximum atomic E-state index is 11.7. The SMILES string of the molecule is CC(CCC(=O)O)NC(=O)N1CCNC(=O)C1. The molecule has 17 heavy (non-hydrogen) atoms. The average molecular weight is 243 g/mol. The molecule has 1 heterocycles. The summed E-state index contributed by atoms with van der Waals surface area (Å²) in [6.07, 6.45) is 0.392. The summed E-state index contributed by atoms with van der Waals surface area (Å²) in [5, 5.41) is 13.8. The number of nitrogens with zero attached hydrogens (tertiary/aromatic N) is 1. The monoisotopic (exact) mass is 243 g/mol. The minimum Gasteiger partial charge on any atom is -0.481 e. The van der Waals surface area contributed by atoms with Crippen molar-refractivity contribution >= 4 is 17.9 Å². The van der Waals surface area contributed by atoms with Crippen LogP contribution in [0.25, 0.3) is 0 Å². The summed E-state index contributed by atoms with van der Waals surface area (Å²) in [6, 6.07) is -0.540. The molecule has 96 valence electrons. The van der Waals surface area contributed by atoms with E-state index >= 15 is 0 Å². The molecule has 0 radical (unpaired) electrons. The lowest BCUT2D eigenvalue weighted by Gasteiger charge is -2.28. The van der Waals surface area contributed by atoms with Gasteiger partial charge in [0.1, 0.15) is 6.54 Å². The van der Waals surface area contributed by atoms with Gasteiger partial charge in [0.2, 0.25) is 5.91 Å². The van der Waals surface area contributed by atoms with Crippen molar-refractivity contribution in [2.24, 2.45) is 0 Å². The molecule has 1 rings (SSSR count). The number of carbonyl (C=O) groups is 3. The fraction of sp³-hybridized carbons (Fsp3) is 0.700. The van der Waals surface area contributed by atoms with E-state index in [0.717, 1.165) is 0 Å². The molecule has 1 saturated heterocycles. The number of hydrogen-bond acceptors (Lipinski definition) is 3. The van der Waals surface area contributed by atoms with Crippen LogP contribution in [-0.4, -0.2) is 53.6 Å². The molecule has 1 aliphatic heterocycles. The van der Waals surface area contributed by atoms with Crippen molar-refractivity contribution in [1.82, 2.24) is 15.5 Å². The zero-order valence-corrected chi connectivity index (χ0v) is 9.73. The van der Waals surface area contributed by atoms with E-state index in [-0.39, 0.29) is 30.9 Å². The van der Waals surface area contributed by atoms with Crippen LogP contribution < -0.4 is 10.6 Å². The largest absolute Gasteiger partial charge is 0.481 e. The van der Waals surface area contributed by atoms with Gasteiger partial charge in [0.05, 0.1) is 0 Å². The van der Waals surface area contributed by atoms with Crippen molar-refractivity contribution in [2.45, 2.75) is 25.8 Å². The van der Waals surface area contributed by atoms with Gasteiger partial charge < -0.3 is 20.6 Å².